The first-order valence-corrected chi connectivity index (χ1v) is 10.5. The maximum absolute atomic E-state index is 13.6. The highest BCUT2D eigenvalue weighted by Gasteiger charge is 2.56. The molecule has 142 valence electrons. The van der Waals surface area contributed by atoms with Crippen LogP contribution in [0.3, 0.4) is 0 Å². The minimum absolute atomic E-state index is 0.0704. The number of hydrogen-bond donors (Lipinski definition) is 0. The van der Waals surface area contributed by atoms with Crippen molar-refractivity contribution in [3.8, 4) is 0 Å². The average Bonchev–Trinajstić information content (AvgIpc) is 2.91. The molecule has 0 amide bonds. The molecular formula is C27H28O. The number of allylic oxidation sites excluding steroid dienone is 6. The van der Waals surface area contributed by atoms with E-state index in [0.29, 0.717) is 5.78 Å². The average molecular weight is 369 g/mol. The van der Waals surface area contributed by atoms with Crippen LogP contribution in [0.15, 0.2) is 75.9 Å². The van der Waals surface area contributed by atoms with E-state index in [1.807, 2.05) is 0 Å². The van der Waals surface area contributed by atoms with Gasteiger partial charge in [0.25, 0.3) is 0 Å². The number of fused-ring (bicyclic) bond motifs is 3. The van der Waals surface area contributed by atoms with Crippen molar-refractivity contribution in [2.24, 2.45) is 5.92 Å². The lowest BCUT2D eigenvalue weighted by molar-refractivity contribution is -0.119. The van der Waals surface area contributed by atoms with Crippen LogP contribution in [0.5, 0.6) is 0 Å². The highest BCUT2D eigenvalue weighted by molar-refractivity contribution is 6.04. The molecule has 3 aliphatic rings. The summed E-state index contributed by atoms with van der Waals surface area (Å²) in [4.78, 5) is 13.6. The SMILES string of the molecule is CC1=C(C)CC2=C(C1)C(=O)C1CC(C)=C(C)CC21c1ccc2ccccc2c1. The van der Waals surface area contributed by atoms with Crippen LogP contribution in [0.1, 0.15) is 58.9 Å². The van der Waals surface area contributed by atoms with E-state index in [0.717, 1.165) is 31.3 Å². The molecule has 5 rings (SSSR count). The predicted octanol–water partition coefficient (Wildman–Crippen LogP) is 6.83. The van der Waals surface area contributed by atoms with E-state index in [1.54, 1.807) is 0 Å². The first-order chi connectivity index (χ1) is 13.4. The topological polar surface area (TPSA) is 17.1 Å². The Balaban J connectivity index is 1.77. The van der Waals surface area contributed by atoms with Gasteiger partial charge in [0.2, 0.25) is 0 Å². The van der Waals surface area contributed by atoms with Crippen LogP contribution >= 0.6 is 0 Å². The molecule has 0 fully saturated rings. The summed E-state index contributed by atoms with van der Waals surface area (Å²) < 4.78 is 0. The third-order valence-corrected chi connectivity index (χ3v) is 7.77. The molecule has 2 aromatic carbocycles. The summed E-state index contributed by atoms with van der Waals surface area (Å²) in [6.45, 7) is 8.95. The molecule has 0 aromatic heterocycles. The first-order valence-electron chi connectivity index (χ1n) is 10.5. The van der Waals surface area contributed by atoms with Gasteiger partial charge in [-0.2, -0.15) is 0 Å². The second kappa shape index (κ2) is 6.04. The minimum Gasteiger partial charge on any atom is -0.294 e. The van der Waals surface area contributed by atoms with E-state index in [4.69, 9.17) is 0 Å². The summed E-state index contributed by atoms with van der Waals surface area (Å²) in [5, 5.41) is 2.55. The molecule has 0 saturated carbocycles. The Bertz CT molecular complexity index is 1120. The van der Waals surface area contributed by atoms with Crippen LogP contribution in [0.2, 0.25) is 0 Å². The van der Waals surface area contributed by atoms with Gasteiger partial charge in [0.1, 0.15) is 0 Å². The molecule has 3 aliphatic carbocycles. The highest BCUT2D eigenvalue weighted by atomic mass is 16.1. The molecule has 0 aliphatic heterocycles. The number of ketones is 1. The Morgan fingerprint density at radius 1 is 0.821 bits per heavy atom. The van der Waals surface area contributed by atoms with E-state index < -0.39 is 0 Å². The fourth-order valence-corrected chi connectivity index (χ4v) is 5.84. The predicted molar refractivity (Wildman–Crippen MR) is 116 cm³/mol. The van der Waals surface area contributed by atoms with E-state index in [1.165, 1.54) is 44.2 Å². The molecule has 2 unspecified atom stereocenters. The van der Waals surface area contributed by atoms with Gasteiger partial charge in [-0.1, -0.05) is 64.8 Å². The molecule has 2 aromatic rings. The summed E-state index contributed by atoms with van der Waals surface area (Å²) in [7, 11) is 0. The van der Waals surface area contributed by atoms with Crippen molar-refractivity contribution in [3.05, 3.63) is 81.5 Å². The summed E-state index contributed by atoms with van der Waals surface area (Å²) in [6, 6.07) is 15.5. The Morgan fingerprint density at radius 2 is 1.54 bits per heavy atom. The van der Waals surface area contributed by atoms with Crippen LogP contribution in [0.25, 0.3) is 10.8 Å². The van der Waals surface area contributed by atoms with Gasteiger partial charge in [0, 0.05) is 11.3 Å². The summed E-state index contributed by atoms with van der Waals surface area (Å²) in [5.74, 6) is 0.489. The van der Waals surface area contributed by atoms with Crippen molar-refractivity contribution >= 4 is 16.6 Å². The molecule has 0 N–H and O–H groups in total. The zero-order chi connectivity index (χ0) is 19.6. The van der Waals surface area contributed by atoms with Gasteiger partial charge in [0.15, 0.2) is 5.78 Å². The van der Waals surface area contributed by atoms with E-state index >= 15 is 0 Å². The van der Waals surface area contributed by atoms with Gasteiger partial charge in [0.05, 0.1) is 0 Å². The number of carbonyl (C=O) groups is 1. The fourth-order valence-electron chi connectivity index (χ4n) is 5.84. The lowest BCUT2D eigenvalue weighted by Gasteiger charge is -2.43. The van der Waals surface area contributed by atoms with Gasteiger partial charge in [-0.05, 0) is 80.9 Å². The monoisotopic (exact) mass is 368 g/mol. The van der Waals surface area contributed by atoms with Crippen molar-refractivity contribution in [2.75, 3.05) is 0 Å². The first kappa shape index (κ1) is 17.7. The van der Waals surface area contributed by atoms with E-state index in [-0.39, 0.29) is 11.3 Å². The quantitative estimate of drug-likeness (QED) is 0.504. The lowest BCUT2D eigenvalue weighted by atomic mass is 9.59. The summed E-state index contributed by atoms with van der Waals surface area (Å²) in [5.41, 5.74) is 9.47. The normalized spacial score (nSPS) is 27.6. The molecule has 1 nitrogen and oxygen atoms in total. The van der Waals surface area contributed by atoms with Gasteiger partial charge < -0.3 is 0 Å². The second-order valence-electron chi connectivity index (χ2n) is 9.26. The second-order valence-corrected chi connectivity index (χ2v) is 9.26. The van der Waals surface area contributed by atoms with Crippen LogP contribution < -0.4 is 0 Å². The van der Waals surface area contributed by atoms with Gasteiger partial charge in [-0.25, -0.2) is 0 Å². The van der Waals surface area contributed by atoms with Crippen molar-refractivity contribution in [1.29, 1.82) is 0 Å². The minimum atomic E-state index is -0.151. The van der Waals surface area contributed by atoms with Gasteiger partial charge >= 0.3 is 0 Å². The smallest absolute Gasteiger partial charge is 0.163 e. The molecule has 1 heteroatoms. The molecule has 0 saturated heterocycles. The molecule has 0 radical (unpaired) electrons. The van der Waals surface area contributed by atoms with Crippen LogP contribution in [0, 0.1) is 5.92 Å². The van der Waals surface area contributed by atoms with Gasteiger partial charge in [-0.15, -0.1) is 0 Å². The maximum Gasteiger partial charge on any atom is 0.163 e. The molecule has 0 bridgehead atoms. The molecule has 2 atom stereocenters. The zero-order valence-corrected chi connectivity index (χ0v) is 17.4. The standard InChI is InChI=1S/C27H28O/c1-16-11-23-24(12-17(16)2)27(15-19(4)18(3)13-25(27)26(23)28)22-10-9-20-7-5-6-8-21(20)14-22/h5-10,14,25H,11-13,15H2,1-4H3. The molecule has 0 heterocycles. The fraction of sp³-hybridized carbons (Fsp3) is 0.370. The molecule has 0 spiro atoms. The largest absolute Gasteiger partial charge is 0.294 e. The number of rotatable bonds is 1. The van der Waals surface area contributed by atoms with Crippen molar-refractivity contribution < 1.29 is 4.79 Å². The maximum atomic E-state index is 13.6. The number of benzene rings is 2. The molecular weight excluding hydrogens is 340 g/mol. The Hall–Kier alpha value is -2.41. The van der Waals surface area contributed by atoms with Gasteiger partial charge in [-0.3, -0.25) is 4.79 Å². The van der Waals surface area contributed by atoms with Crippen molar-refractivity contribution in [1.82, 2.24) is 0 Å². The molecule has 28 heavy (non-hydrogen) atoms. The Morgan fingerprint density at radius 3 is 2.32 bits per heavy atom. The summed E-state index contributed by atoms with van der Waals surface area (Å²) in [6.07, 6.45) is 3.70. The Kier molecular flexibility index (Phi) is 3.81. The van der Waals surface area contributed by atoms with Crippen LogP contribution in [-0.2, 0) is 10.2 Å². The number of Topliss-reactive ketones (excluding diaryl/α,β-unsaturated/α-hetero) is 1. The number of carbonyl (C=O) groups excluding carboxylic acids is 1. The van der Waals surface area contributed by atoms with E-state index in [2.05, 4.69) is 70.2 Å². The third kappa shape index (κ3) is 2.28. The van der Waals surface area contributed by atoms with Crippen molar-refractivity contribution in [3.63, 3.8) is 0 Å². The third-order valence-electron chi connectivity index (χ3n) is 7.77. The van der Waals surface area contributed by atoms with E-state index in [9.17, 15) is 4.79 Å². The highest BCUT2D eigenvalue weighted by Crippen LogP contribution is 2.59. The zero-order valence-electron chi connectivity index (χ0n) is 17.4. The number of hydrogen-bond acceptors (Lipinski definition) is 1. The van der Waals surface area contributed by atoms with Crippen LogP contribution in [-0.4, -0.2) is 5.78 Å². The van der Waals surface area contributed by atoms with Crippen LogP contribution in [0.4, 0.5) is 0 Å². The lowest BCUT2D eigenvalue weighted by Crippen LogP contribution is -2.39. The summed E-state index contributed by atoms with van der Waals surface area (Å²) >= 11 is 0. The van der Waals surface area contributed by atoms with Crippen molar-refractivity contribution in [2.45, 2.75) is 58.8 Å². The Labute approximate surface area is 167 Å².